The third kappa shape index (κ3) is 8.07. The van der Waals surface area contributed by atoms with Gasteiger partial charge in [0.1, 0.15) is 5.75 Å². The van der Waals surface area contributed by atoms with Crippen molar-refractivity contribution in [2.24, 2.45) is 4.99 Å². The molecule has 1 rings (SSSR count). The number of nitrogens with one attached hydrogen (secondary N) is 2. The van der Waals surface area contributed by atoms with Crippen molar-refractivity contribution in [3.8, 4) is 5.75 Å². The van der Waals surface area contributed by atoms with Gasteiger partial charge < -0.3 is 15.4 Å². The Bertz CT molecular complexity index is 534. The molecule has 0 spiro atoms. The third-order valence-corrected chi connectivity index (χ3v) is 3.47. The van der Waals surface area contributed by atoms with E-state index in [1.807, 2.05) is 38.1 Å². The average Bonchev–Trinajstić information content (AvgIpc) is 2.49. The molecule has 0 aliphatic carbocycles. The zero-order valence-electron chi connectivity index (χ0n) is 14.3. The maximum atomic E-state index is 12.2. The number of halogens is 4. The maximum absolute atomic E-state index is 12.2. The lowest BCUT2D eigenvalue weighted by Gasteiger charge is -2.27. The van der Waals surface area contributed by atoms with Crippen LogP contribution in [0.4, 0.5) is 13.2 Å². The molecule has 138 valence electrons. The molecular formula is C16H25F3IN3O. The lowest BCUT2D eigenvalue weighted by atomic mass is 9.84. The van der Waals surface area contributed by atoms with Gasteiger partial charge in [-0.15, -0.1) is 24.0 Å². The highest BCUT2D eigenvalue weighted by molar-refractivity contribution is 14.0. The molecule has 24 heavy (non-hydrogen) atoms. The van der Waals surface area contributed by atoms with Gasteiger partial charge in [-0.3, -0.25) is 4.99 Å². The van der Waals surface area contributed by atoms with Crippen molar-refractivity contribution in [2.75, 3.05) is 27.2 Å². The van der Waals surface area contributed by atoms with E-state index >= 15 is 0 Å². The molecule has 0 saturated carbocycles. The standard InChI is InChI=1S/C16H24F3N3O.HI/c1-15(2,12-6-5-7-13(10-12)23-4)11-22-14(20-3)21-9-8-16(17,18)19;/h5-7,10H,8-9,11H2,1-4H3,(H2,20,21,22);1H. The molecule has 0 heterocycles. The summed E-state index contributed by atoms with van der Waals surface area (Å²) in [5, 5.41) is 5.73. The highest BCUT2D eigenvalue weighted by atomic mass is 127. The first-order chi connectivity index (χ1) is 10.7. The largest absolute Gasteiger partial charge is 0.497 e. The fourth-order valence-electron chi connectivity index (χ4n) is 1.99. The number of rotatable bonds is 6. The van der Waals surface area contributed by atoms with E-state index in [1.54, 1.807) is 7.11 Å². The SMILES string of the molecule is CN=C(NCCC(F)(F)F)NCC(C)(C)c1cccc(OC)c1.I. The second-order valence-electron chi connectivity index (χ2n) is 5.83. The normalized spacial score (nSPS) is 12.4. The van der Waals surface area contributed by atoms with E-state index in [0.717, 1.165) is 11.3 Å². The minimum Gasteiger partial charge on any atom is -0.497 e. The van der Waals surface area contributed by atoms with Gasteiger partial charge in [0.15, 0.2) is 5.96 Å². The summed E-state index contributed by atoms with van der Waals surface area (Å²) in [5.74, 6) is 1.12. The Kier molecular flexibility index (Phi) is 9.46. The van der Waals surface area contributed by atoms with Gasteiger partial charge in [0.2, 0.25) is 0 Å². The predicted molar refractivity (Wildman–Crippen MR) is 101 cm³/mol. The van der Waals surface area contributed by atoms with Crippen molar-refractivity contribution in [2.45, 2.75) is 31.9 Å². The van der Waals surface area contributed by atoms with Crippen LogP contribution >= 0.6 is 24.0 Å². The van der Waals surface area contributed by atoms with Crippen LogP contribution in [0.25, 0.3) is 0 Å². The molecule has 0 radical (unpaired) electrons. The monoisotopic (exact) mass is 459 g/mol. The van der Waals surface area contributed by atoms with E-state index < -0.39 is 12.6 Å². The van der Waals surface area contributed by atoms with E-state index in [4.69, 9.17) is 4.74 Å². The number of guanidine groups is 1. The second kappa shape index (κ2) is 9.95. The zero-order chi connectivity index (χ0) is 17.5. The molecule has 0 atom stereocenters. The molecule has 0 aliphatic rings. The molecule has 2 N–H and O–H groups in total. The average molecular weight is 459 g/mol. The maximum Gasteiger partial charge on any atom is 0.390 e. The molecule has 0 aliphatic heterocycles. The van der Waals surface area contributed by atoms with Gasteiger partial charge in [-0.05, 0) is 17.7 Å². The Morgan fingerprint density at radius 3 is 2.42 bits per heavy atom. The highest BCUT2D eigenvalue weighted by Gasteiger charge is 2.26. The Morgan fingerprint density at radius 2 is 1.88 bits per heavy atom. The van der Waals surface area contributed by atoms with E-state index in [1.165, 1.54) is 7.05 Å². The van der Waals surface area contributed by atoms with Crippen LogP contribution in [0.5, 0.6) is 5.75 Å². The predicted octanol–water partition coefficient (Wildman–Crippen LogP) is 3.71. The van der Waals surface area contributed by atoms with E-state index in [2.05, 4.69) is 15.6 Å². The van der Waals surface area contributed by atoms with Crippen molar-refractivity contribution in [1.82, 2.24) is 10.6 Å². The molecule has 0 saturated heterocycles. The minimum absolute atomic E-state index is 0. The number of hydrogen-bond donors (Lipinski definition) is 2. The fraction of sp³-hybridized carbons (Fsp3) is 0.562. The third-order valence-electron chi connectivity index (χ3n) is 3.47. The number of aliphatic imine (C=N–C) groups is 1. The molecule has 8 heteroatoms. The van der Waals surface area contributed by atoms with E-state index in [9.17, 15) is 13.2 Å². The number of benzene rings is 1. The first-order valence-electron chi connectivity index (χ1n) is 7.34. The molecule has 1 aromatic carbocycles. The Balaban J connectivity index is 0.00000529. The second-order valence-corrected chi connectivity index (χ2v) is 5.83. The number of hydrogen-bond acceptors (Lipinski definition) is 2. The Morgan fingerprint density at radius 1 is 1.21 bits per heavy atom. The van der Waals surface area contributed by atoms with Crippen LogP contribution in [0.1, 0.15) is 25.8 Å². The molecule has 0 fully saturated rings. The molecule has 0 unspecified atom stereocenters. The van der Waals surface area contributed by atoms with Crippen LogP contribution in [0.3, 0.4) is 0 Å². The summed E-state index contributed by atoms with van der Waals surface area (Å²) in [5.41, 5.74) is 0.825. The first-order valence-corrected chi connectivity index (χ1v) is 7.34. The highest BCUT2D eigenvalue weighted by Crippen LogP contribution is 2.25. The van der Waals surface area contributed by atoms with Crippen molar-refractivity contribution >= 4 is 29.9 Å². The van der Waals surface area contributed by atoms with Gasteiger partial charge in [0, 0.05) is 25.6 Å². The Labute approximate surface area is 158 Å². The van der Waals surface area contributed by atoms with Crippen LogP contribution in [-0.4, -0.2) is 39.4 Å². The lowest BCUT2D eigenvalue weighted by molar-refractivity contribution is -0.132. The van der Waals surface area contributed by atoms with Gasteiger partial charge in [0.05, 0.1) is 13.5 Å². The Hall–Kier alpha value is -1.19. The quantitative estimate of drug-likeness (QED) is 0.388. The lowest BCUT2D eigenvalue weighted by Crippen LogP contribution is -2.44. The van der Waals surface area contributed by atoms with Crippen molar-refractivity contribution in [3.63, 3.8) is 0 Å². The summed E-state index contributed by atoms with van der Waals surface area (Å²) in [6, 6.07) is 7.71. The van der Waals surface area contributed by atoms with Gasteiger partial charge in [-0.1, -0.05) is 26.0 Å². The summed E-state index contributed by atoms with van der Waals surface area (Å²) in [4.78, 5) is 3.94. The van der Waals surface area contributed by atoms with Gasteiger partial charge in [-0.2, -0.15) is 13.2 Å². The van der Waals surface area contributed by atoms with Crippen molar-refractivity contribution < 1.29 is 17.9 Å². The number of ether oxygens (including phenoxy) is 1. The van der Waals surface area contributed by atoms with Crippen LogP contribution in [0.2, 0.25) is 0 Å². The van der Waals surface area contributed by atoms with Crippen LogP contribution in [-0.2, 0) is 5.41 Å². The molecular weight excluding hydrogens is 434 g/mol. The number of nitrogens with zero attached hydrogens (tertiary/aromatic N) is 1. The molecule has 0 amide bonds. The van der Waals surface area contributed by atoms with Gasteiger partial charge in [0.25, 0.3) is 0 Å². The zero-order valence-corrected chi connectivity index (χ0v) is 16.7. The topological polar surface area (TPSA) is 45.7 Å². The summed E-state index contributed by atoms with van der Waals surface area (Å²) in [7, 11) is 3.14. The number of alkyl halides is 3. The van der Waals surface area contributed by atoms with Crippen LogP contribution in [0.15, 0.2) is 29.3 Å². The van der Waals surface area contributed by atoms with Gasteiger partial charge in [-0.25, -0.2) is 0 Å². The summed E-state index contributed by atoms with van der Waals surface area (Å²) < 4.78 is 41.7. The minimum atomic E-state index is -4.17. The summed E-state index contributed by atoms with van der Waals surface area (Å²) in [6.45, 7) is 4.39. The van der Waals surface area contributed by atoms with E-state index in [0.29, 0.717) is 12.5 Å². The number of methoxy groups -OCH3 is 1. The van der Waals surface area contributed by atoms with Crippen LogP contribution < -0.4 is 15.4 Å². The molecule has 0 bridgehead atoms. The molecule has 4 nitrogen and oxygen atoms in total. The summed E-state index contributed by atoms with van der Waals surface area (Å²) >= 11 is 0. The summed E-state index contributed by atoms with van der Waals surface area (Å²) in [6.07, 6.45) is -5.07. The van der Waals surface area contributed by atoms with Crippen molar-refractivity contribution in [1.29, 1.82) is 0 Å². The first kappa shape index (κ1) is 22.8. The smallest absolute Gasteiger partial charge is 0.390 e. The van der Waals surface area contributed by atoms with Crippen LogP contribution in [0, 0.1) is 0 Å². The van der Waals surface area contributed by atoms with Crippen molar-refractivity contribution in [3.05, 3.63) is 29.8 Å². The molecule has 0 aromatic heterocycles. The fourth-order valence-corrected chi connectivity index (χ4v) is 1.99. The molecule has 1 aromatic rings. The van der Waals surface area contributed by atoms with Gasteiger partial charge >= 0.3 is 6.18 Å². The van der Waals surface area contributed by atoms with E-state index in [-0.39, 0.29) is 35.9 Å².